The highest BCUT2D eigenvalue weighted by Gasteiger charge is 2.13. The molecule has 0 amide bonds. The molecule has 0 spiro atoms. The minimum absolute atomic E-state index is 0.355. The number of benzene rings is 3. The van der Waals surface area contributed by atoms with Gasteiger partial charge in [-0.3, -0.25) is 0 Å². The van der Waals surface area contributed by atoms with E-state index in [4.69, 9.17) is 44.3 Å². The van der Waals surface area contributed by atoms with Gasteiger partial charge in [-0.05, 0) is 88.9 Å². The molecule has 1 N–H and O–H groups in total. The molecule has 3 rings (SSSR count). The summed E-state index contributed by atoms with van der Waals surface area (Å²) >= 11 is 21.7. The molecule has 0 atom stereocenters. The number of rotatable bonds is 10. The van der Waals surface area contributed by atoms with Crippen LogP contribution in [0.25, 0.3) is 0 Å². The van der Waals surface area contributed by atoms with Crippen molar-refractivity contribution < 1.29 is 9.47 Å². The summed E-state index contributed by atoms with van der Waals surface area (Å²) in [6.07, 6.45) is 0.932. The lowest BCUT2D eigenvalue weighted by molar-refractivity contribution is 0.267. The largest absolute Gasteiger partial charge is 0.490 e. The minimum atomic E-state index is 0.355. The van der Waals surface area contributed by atoms with Gasteiger partial charge in [0.15, 0.2) is 11.5 Å². The van der Waals surface area contributed by atoms with Gasteiger partial charge < -0.3 is 14.8 Å². The fourth-order valence-electron chi connectivity index (χ4n) is 3.03. The summed E-state index contributed by atoms with van der Waals surface area (Å²) in [5.41, 5.74) is 3.28. The number of hydrogen-bond donors (Lipinski definition) is 1. The molecule has 3 aromatic rings. The zero-order valence-electron chi connectivity index (χ0n) is 17.1. The second kappa shape index (κ2) is 12.0. The Bertz CT molecular complexity index is 1010. The molecule has 7 heteroatoms. The summed E-state index contributed by atoms with van der Waals surface area (Å²) in [5, 5.41) is 5.26. The molecular weight excluding hydrogens is 521 g/mol. The molecule has 0 unspecified atom stereocenters. The predicted octanol–water partition coefficient (Wildman–Crippen LogP) is 7.72. The van der Waals surface area contributed by atoms with Gasteiger partial charge in [0.1, 0.15) is 6.61 Å². The van der Waals surface area contributed by atoms with Gasteiger partial charge in [-0.1, -0.05) is 53.0 Å². The van der Waals surface area contributed by atoms with E-state index in [1.165, 1.54) is 5.56 Å². The minimum Gasteiger partial charge on any atom is -0.490 e. The van der Waals surface area contributed by atoms with Crippen molar-refractivity contribution in [2.75, 3.05) is 13.2 Å². The van der Waals surface area contributed by atoms with Crippen molar-refractivity contribution in [2.45, 2.75) is 26.5 Å². The molecular formula is C24H23BrCl3NO2. The molecule has 0 aliphatic carbocycles. The average molecular weight is 544 g/mol. The van der Waals surface area contributed by atoms with E-state index in [1.807, 2.05) is 49.4 Å². The maximum atomic E-state index is 6.10. The van der Waals surface area contributed by atoms with E-state index in [0.717, 1.165) is 40.1 Å². The van der Waals surface area contributed by atoms with E-state index >= 15 is 0 Å². The molecule has 31 heavy (non-hydrogen) atoms. The summed E-state index contributed by atoms with van der Waals surface area (Å²) in [7, 11) is 0. The molecule has 0 bridgehead atoms. The van der Waals surface area contributed by atoms with Gasteiger partial charge in [0.05, 0.1) is 21.1 Å². The van der Waals surface area contributed by atoms with Crippen LogP contribution in [0.2, 0.25) is 15.1 Å². The van der Waals surface area contributed by atoms with Crippen molar-refractivity contribution in [2.24, 2.45) is 0 Å². The molecule has 164 valence electrons. The standard InChI is InChI=1S/C24H23BrCl3NO2/c1-2-30-23-13-18(14-29-10-9-16-3-6-19(26)7-4-16)11-20(25)24(23)31-15-17-5-8-21(27)22(28)12-17/h3-8,11-13,29H,2,9-10,14-15H2,1H3. The van der Waals surface area contributed by atoms with Crippen LogP contribution in [0.3, 0.4) is 0 Å². The van der Waals surface area contributed by atoms with Crippen LogP contribution in [0, 0.1) is 0 Å². The first kappa shape index (κ1) is 24.2. The molecule has 0 saturated carbocycles. The number of hydrogen-bond acceptors (Lipinski definition) is 3. The van der Waals surface area contributed by atoms with E-state index in [0.29, 0.717) is 34.8 Å². The van der Waals surface area contributed by atoms with Gasteiger partial charge in [0.25, 0.3) is 0 Å². The van der Waals surface area contributed by atoms with E-state index in [-0.39, 0.29) is 0 Å². The summed E-state index contributed by atoms with van der Waals surface area (Å²) in [4.78, 5) is 0. The first-order valence-corrected chi connectivity index (χ1v) is 11.9. The van der Waals surface area contributed by atoms with Crippen LogP contribution in [-0.2, 0) is 19.6 Å². The maximum Gasteiger partial charge on any atom is 0.175 e. The molecule has 0 heterocycles. The van der Waals surface area contributed by atoms with Crippen LogP contribution >= 0.6 is 50.7 Å². The third-order valence-electron chi connectivity index (χ3n) is 4.57. The van der Waals surface area contributed by atoms with Crippen molar-refractivity contribution in [3.8, 4) is 11.5 Å². The number of ether oxygens (including phenoxy) is 2. The monoisotopic (exact) mass is 541 g/mol. The lowest BCUT2D eigenvalue weighted by Gasteiger charge is -2.16. The smallest absolute Gasteiger partial charge is 0.175 e. The quantitative estimate of drug-likeness (QED) is 0.266. The van der Waals surface area contributed by atoms with Crippen molar-refractivity contribution >= 4 is 50.7 Å². The Labute approximate surface area is 206 Å². The second-order valence-electron chi connectivity index (χ2n) is 6.93. The third kappa shape index (κ3) is 7.30. The lowest BCUT2D eigenvalue weighted by atomic mass is 10.1. The zero-order valence-corrected chi connectivity index (χ0v) is 20.9. The first-order chi connectivity index (χ1) is 15.0. The Morgan fingerprint density at radius 2 is 1.58 bits per heavy atom. The van der Waals surface area contributed by atoms with E-state index in [9.17, 15) is 0 Å². The van der Waals surface area contributed by atoms with Crippen molar-refractivity contribution in [1.82, 2.24) is 5.32 Å². The Morgan fingerprint density at radius 3 is 2.29 bits per heavy atom. The Balaban J connectivity index is 1.61. The summed E-state index contributed by atoms with van der Waals surface area (Å²) < 4.78 is 12.7. The lowest BCUT2D eigenvalue weighted by Crippen LogP contribution is -2.17. The Kier molecular flexibility index (Phi) is 9.36. The fraction of sp³-hybridized carbons (Fsp3) is 0.250. The van der Waals surface area contributed by atoms with E-state index < -0.39 is 0 Å². The SMILES string of the molecule is CCOc1cc(CNCCc2ccc(Cl)cc2)cc(Br)c1OCc1ccc(Cl)c(Cl)c1. The van der Waals surface area contributed by atoms with E-state index in [1.54, 1.807) is 12.1 Å². The molecule has 0 aliphatic rings. The molecule has 3 nitrogen and oxygen atoms in total. The molecule has 0 saturated heterocycles. The Hall–Kier alpha value is -1.43. The number of halogens is 4. The Morgan fingerprint density at radius 1 is 0.839 bits per heavy atom. The molecule has 0 fully saturated rings. The molecule has 3 aromatic carbocycles. The van der Waals surface area contributed by atoms with Gasteiger partial charge >= 0.3 is 0 Å². The average Bonchev–Trinajstić information content (AvgIpc) is 2.74. The highest BCUT2D eigenvalue weighted by molar-refractivity contribution is 9.10. The molecule has 0 aliphatic heterocycles. The van der Waals surface area contributed by atoms with Crippen LogP contribution in [-0.4, -0.2) is 13.2 Å². The van der Waals surface area contributed by atoms with Crippen LogP contribution in [0.15, 0.2) is 59.1 Å². The van der Waals surface area contributed by atoms with E-state index in [2.05, 4.69) is 21.2 Å². The van der Waals surface area contributed by atoms with Gasteiger partial charge in [-0.25, -0.2) is 0 Å². The highest BCUT2D eigenvalue weighted by Crippen LogP contribution is 2.37. The third-order valence-corrected chi connectivity index (χ3v) is 6.15. The van der Waals surface area contributed by atoms with Gasteiger partial charge in [-0.15, -0.1) is 0 Å². The second-order valence-corrected chi connectivity index (χ2v) is 9.03. The van der Waals surface area contributed by atoms with Crippen LogP contribution in [0.4, 0.5) is 0 Å². The van der Waals surface area contributed by atoms with Crippen LogP contribution in [0.5, 0.6) is 11.5 Å². The maximum absolute atomic E-state index is 6.10. The first-order valence-electron chi connectivity index (χ1n) is 9.93. The normalized spacial score (nSPS) is 10.9. The van der Waals surface area contributed by atoms with Crippen LogP contribution < -0.4 is 14.8 Å². The van der Waals surface area contributed by atoms with Crippen molar-refractivity contribution in [1.29, 1.82) is 0 Å². The summed E-state index contributed by atoms with van der Waals surface area (Å²) in [6.45, 7) is 4.43. The summed E-state index contributed by atoms with van der Waals surface area (Å²) in [6, 6.07) is 17.4. The highest BCUT2D eigenvalue weighted by atomic mass is 79.9. The topological polar surface area (TPSA) is 30.5 Å². The van der Waals surface area contributed by atoms with Crippen molar-refractivity contribution in [3.63, 3.8) is 0 Å². The molecule has 0 aromatic heterocycles. The number of nitrogens with one attached hydrogen (secondary N) is 1. The van der Waals surface area contributed by atoms with Crippen LogP contribution in [0.1, 0.15) is 23.6 Å². The zero-order chi connectivity index (χ0) is 22.2. The summed E-state index contributed by atoms with van der Waals surface area (Å²) in [5.74, 6) is 1.37. The van der Waals surface area contributed by atoms with Gasteiger partial charge in [-0.2, -0.15) is 0 Å². The predicted molar refractivity (Wildman–Crippen MR) is 133 cm³/mol. The van der Waals surface area contributed by atoms with Crippen molar-refractivity contribution in [3.05, 3.63) is 90.8 Å². The fourth-order valence-corrected chi connectivity index (χ4v) is 4.08. The molecule has 0 radical (unpaired) electrons. The van der Waals surface area contributed by atoms with Gasteiger partial charge in [0, 0.05) is 11.6 Å². The van der Waals surface area contributed by atoms with Gasteiger partial charge in [0.2, 0.25) is 0 Å².